The van der Waals surface area contributed by atoms with Crippen molar-refractivity contribution in [2.24, 2.45) is 0 Å². The van der Waals surface area contributed by atoms with Crippen LogP contribution in [-0.2, 0) is 9.53 Å². The van der Waals surface area contributed by atoms with Crippen molar-refractivity contribution >= 4 is 27.9 Å². The van der Waals surface area contributed by atoms with Crippen molar-refractivity contribution in [2.75, 3.05) is 6.61 Å². The third-order valence-corrected chi connectivity index (χ3v) is 5.76. The molecule has 0 aliphatic carbocycles. The number of nitrogens with zero attached hydrogens (tertiary/aromatic N) is 1. The lowest BCUT2D eigenvalue weighted by molar-refractivity contribution is -0.128. The van der Waals surface area contributed by atoms with Crippen molar-refractivity contribution < 1.29 is 14.3 Å². The number of amides is 2. The van der Waals surface area contributed by atoms with Crippen LogP contribution in [0.3, 0.4) is 0 Å². The molecule has 0 bridgehead atoms. The summed E-state index contributed by atoms with van der Waals surface area (Å²) in [5.74, 6) is -0.345. The Labute approximate surface area is 155 Å². The van der Waals surface area contributed by atoms with Crippen LogP contribution in [0.1, 0.15) is 35.6 Å². The molecule has 0 spiro atoms. The van der Waals surface area contributed by atoms with Gasteiger partial charge >= 0.3 is 6.09 Å². The lowest BCUT2D eigenvalue weighted by atomic mass is 9.95. The van der Waals surface area contributed by atoms with Crippen LogP contribution in [0.4, 0.5) is 4.79 Å². The molecule has 0 aromatic heterocycles. The van der Waals surface area contributed by atoms with Gasteiger partial charge < -0.3 is 4.74 Å². The number of benzene rings is 2. The normalized spacial score (nSPS) is 19.4. The molecule has 3 rings (SSSR count). The highest BCUT2D eigenvalue weighted by molar-refractivity contribution is 9.10. The van der Waals surface area contributed by atoms with Gasteiger partial charge in [0.05, 0.1) is 0 Å². The first-order valence-electron chi connectivity index (χ1n) is 8.24. The minimum atomic E-state index is -0.584. The second kappa shape index (κ2) is 7.40. The zero-order valence-corrected chi connectivity index (χ0v) is 15.8. The average molecular weight is 402 g/mol. The lowest BCUT2D eigenvalue weighted by Gasteiger charge is -2.25. The smallest absolute Gasteiger partial charge is 0.417 e. The first-order chi connectivity index (χ1) is 12.0. The number of hydrogen-bond acceptors (Lipinski definition) is 3. The Balaban J connectivity index is 1.82. The zero-order chi connectivity index (χ0) is 18.0. The van der Waals surface area contributed by atoms with Crippen LogP contribution in [0.2, 0.25) is 0 Å². The maximum atomic E-state index is 13.0. The quantitative estimate of drug-likeness (QED) is 0.704. The first kappa shape index (κ1) is 17.7. The molecule has 1 aliphatic heterocycles. The summed E-state index contributed by atoms with van der Waals surface area (Å²) in [7, 11) is 0. The van der Waals surface area contributed by atoms with Crippen molar-refractivity contribution in [1.82, 2.24) is 4.90 Å². The van der Waals surface area contributed by atoms with Crippen LogP contribution in [0.5, 0.6) is 0 Å². The lowest BCUT2D eigenvalue weighted by Crippen LogP contribution is -2.40. The number of rotatable bonds is 4. The first-order valence-corrected chi connectivity index (χ1v) is 9.16. The fourth-order valence-corrected chi connectivity index (χ4v) is 3.50. The number of aryl methyl sites for hydroxylation is 1. The highest BCUT2D eigenvalue weighted by Crippen LogP contribution is 2.33. The number of cyclic esters (lactones) is 1. The fourth-order valence-electron chi connectivity index (χ4n) is 2.97. The molecule has 1 aliphatic rings. The van der Waals surface area contributed by atoms with Crippen LogP contribution < -0.4 is 0 Å². The molecule has 0 radical (unpaired) electrons. The van der Waals surface area contributed by atoms with Gasteiger partial charge in [0.25, 0.3) is 0 Å². The van der Waals surface area contributed by atoms with E-state index in [4.69, 9.17) is 4.74 Å². The van der Waals surface area contributed by atoms with E-state index in [9.17, 15) is 9.59 Å². The van der Waals surface area contributed by atoms with Gasteiger partial charge in [-0.1, -0.05) is 83.0 Å². The van der Waals surface area contributed by atoms with Gasteiger partial charge in [-0.25, -0.2) is 9.69 Å². The Hall–Kier alpha value is -2.14. The Kier molecular flexibility index (Phi) is 5.23. The van der Waals surface area contributed by atoms with E-state index in [-0.39, 0.29) is 24.5 Å². The molecule has 4 nitrogen and oxygen atoms in total. The van der Waals surface area contributed by atoms with Gasteiger partial charge in [-0.3, -0.25) is 4.79 Å². The minimum Gasteiger partial charge on any atom is -0.446 e. The molecular weight excluding hydrogens is 382 g/mol. The molecule has 1 heterocycles. The summed E-state index contributed by atoms with van der Waals surface area (Å²) in [5.41, 5.74) is 3.11. The molecule has 0 unspecified atom stereocenters. The molecule has 3 atom stereocenters. The van der Waals surface area contributed by atoms with Gasteiger partial charge in [-0.15, -0.1) is 0 Å². The molecule has 1 fully saturated rings. The predicted molar refractivity (Wildman–Crippen MR) is 99.7 cm³/mol. The molecule has 130 valence electrons. The van der Waals surface area contributed by atoms with Crippen LogP contribution in [0, 0.1) is 6.92 Å². The van der Waals surface area contributed by atoms with Crippen molar-refractivity contribution in [3.05, 3.63) is 71.3 Å². The highest BCUT2D eigenvalue weighted by atomic mass is 79.9. The van der Waals surface area contributed by atoms with E-state index in [0.717, 1.165) is 11.1 Å². The van der Waals surface area contributed by atoms with Crippen LogP contribution in [0.15, 0.2) is 54.6 Å². The van der Waals surface area contributed by atoms with Crippen molar-refractivity contribution in [2.45, 2.75) is 30.6 Å². The SMILES string of the molecule is Cc1ccc([C@H](C)[C@@H](Br)C(=O)N2C(=O)OC[C@H]2c2ccccc2)cc1. The average Bonchev–Trinajstić information content (AvgIpc) is 3.02. The van der Waals surface area contributed by atoms with Gasteiger partial charge in [-0.05, 0) is 18.1 Å². The molecule has 0 N–H and O–H groups in total. The van der Waals surface area contributed by atoms with Gasteiger partial charge in [0.15, 0.2) is 0 Å². The zero-order valence-electron chi connectivity index (χ0n) is 14.2. The number of halogens is 1. The van der Waals surface area contributed by atoms with Crippen molar-refractivity contribution in [1.29, 1.82) is 0 Å². The fraction of sp³-hybridized carbons (Fsp3) is 0.300. The Morgan fingerprint density at radius 3 is 2.44 bits per heavy atom. The molecule has 2 aromatic carbocycles. The third kappa shape index (κ3) is 3.61. The number of carbonyl (C=O) groups excluding carboxylic acids is 2. The monoisotopic (exact) mass is 401 g/mol. The molecular formula is C20H20BrNO3. The third-order valence-electron chi connectivity index (χ3n) is 4.57. The number of hydrogen-bond donors (Lipinski definition) is 0. The maximum absolute atomic E-state index is 13.0. The highest BCUT2D eigenvalue weighted by Gasteiger charge is 2.42. The second-order valence-corrected chi connectivity index (χ2v) is 7.30. The van der Waals surface area contributed by atoms with E-state index in [1.165, 1.54) is 10.5 Å². The summed E-state index contributed by atoms with van der Waals surface area (Å²) in [6.45, 7) is 4.18. The van der Waals surface area contributed by atoms with Crippen LogP contribution in [0.25, 0.3) is 0 Å². The number of carbonyl (C=O) groups is 2. The van der Waals surface area contributed by atoms with Crippen molar-refractivity contribution in [3.8, 4) is 0 Å². The summed E-state index contributed by atoms with van der Waals surface area (Å²) in [4.78, 5) is 25.9. The van der Waals surface area contributed by atoms with Gasteiger partial charge in [0.1, 0.15) is 17.5 Å². The summed E-state index contributed by atoms with van der Waals surface area (Å²) < 4.78 is 5.15. The maximum Gasteiger partial charge on any atom is 0.417 e. The predicted octanol–water partition coefficient (Wildman–Crippen LogP) is 4.58. The molecule has 2 amide bonds. The molecule has 25 heavy (non-hydrogen) atoms. The molecule has 5 heteroatoms. The van der Waals surface area contributed by atoms with Gasteiger partial charge in [-0.2, -0.15) is 0 Å². The van der Waals surface area contributed by atoms with Crippen LogP contribution in [-0.4, -0.2) is 28.3 Å². The second-order valence-electron chi connectivity index (χ2n) is 6.31. The molecule has 2 aromatic rings. The largest absolute Gasteiger partial charge is 0.446 e. The van der Waals surface area contributed by atoms with E-state index < -0.39 is 10.9 Å². The number of alkyl halides is 1. The summed E-state index contributed by atoms with van der Waals surface area (Å²) >= 11 is 3.50. The summed E-state index contributed by atoms with van der Waals surface area (Å²) in [6, 6.07) is 17.2. The standard InChI is InChI=1S/C20H20BrNO3/c1-13-8-10-15(11-9-13)14(2)18(21)19(23)22-17(12-25-20(22)24)16-6-4-3-5-7-16/h3-11,14,17-18H,12H2,1-2H3/t14-,17-,18+/m0/s1. The summed E-state index contributed by atoms with van der Waals surface area (Å²) in [6.07, 6.45) is -0.584. The van der Waals surface area contributed by atoms with E-state index in [2.05, 4.69) is 15.9 Å². The van der Waals surface area contributed by atoms with E-state index in [1.54, 1.807) is 0 Å². The summed E-state index contributed by atoms with van der Waals surface area (Å²) in [5, 5.41) is 0. The topological polar surface area (TPSA) is 46.6 Å². The van der Waals surface area contributed by atoms with Crippen molar-refractivity contribution in [3.63, 3.8) is 0 Å². The number of ether oxygens (including phenoxy) is 1. The van der Waals surface area contributed by atoms with Gasteiger partial charge in [0.2, 0.25) is 5.91 Å². The number of imide groups is 1. The van der Waals surface area contributed by atoms with Crippen LogP contribution >= 0.6 is 15.9 Å². The Bertz CT molecular complexity index is 760. The van der Waals surface area contributed by atoms with E-state index >= 15 is 0 Å². The van der Waals surface area contributed by atoms with Gasteiger partial charge in [0, 0.05) is 5.92 Å². The van der Waals surface area contributed by atoms with E-state index in [0.29, 0.717) is 0 Å². The Morgan fingerprint density at radius 2 is 1.80 bits per heavy atom. The minimum absolute atomic E-state index is 0.0714. The van der Waals surface area contributed by atoms with E-state index in [1.807, 2.05) is 68.4 Å². The molecule has 0 saturated carbocycles. The molecule has 1 saturated heterocycles. The Morgan fingerprint density at radius 1 is 1.16 bits per heavy atom.